The molecule has 0 aliphatic rings. The van der Waals surface area contributed by atoms with E-state index in [0.717, 1.165) is 50.8 Å². The van der Waals surface area contributed by atoms with E-state index in [1.54, 1.807) is 92.4 Å². The van der Waals surface area contributed by atoms with Crippen molar-refractivity contribution in [2.45, 2.75) is 194 Å². The molecule has 0 amide bonds. The summed E-state index contributed by atoms with van der Waals surface area (Å²) in [5, 5.41) is 25.6. The van der Waals surface area contributed by atoms with Crippen molar-refractivity contribution in [3.8, 4) is 0 Å². The van der Waals surface area contributed by atoms with Crippen LogP contribution in [0, 0.1) is 83.1 Å². The summed E-state index contributed by atoms with van der Waals surface area (Å²) in [6.45, 7) is 54.9. The molecule has 11 aromatic heterocycles. The summed E-state index contributed by atoms with van der Waals surface area (Å²) in [7, 11) is 3.81. The normalized spacial score (nSPS) is 7.88. The predicted molar refractivity (Wildman–Crippen MR) is 362 cm³/mol. The van der Waals surface area contributed by atoms with E-state index >= 15 is 0 Å². The van der Waals surface area contributed by atoms with E-state index in [4.69, 9.17) is 0 Å². The van der Waals surface area contributed by atoms with Crippen molar-refractivity contribution in [2.24, 2.45) is 14.1 Å². The van der Waals surface area contributed by atoms with Crippen molar-refractivity contribution in [3.05, 3.63) is 184 Å². The van der Waals surface area contributed by atoms with Gasteiger partial charge in [0.15, 0.2) is 12.2 Å². The molecular weight excluding hydrogens is 1140 g/mol. The van der Waals surface area contributed by atoms with E-state index in [0.29, 0.717) is 11.7 Å². The highest BCUT2D eigenvalue weighted by Gasteiger charge is 1.90. The maximum absolute atomic E-state index is 4.60. The molecule has 25 heteroatoms. The largest absolute Gasteiger partial charge is 0.452 e. The first-order valence-electron chi connectivity index (χ1n) is 28.9. The Kier molecular flexibility index (Phi) is 85.0. The number of pyridine rings is 1. The second kappa shape index (κ2) is 77.2. The average Bonchev–Trinajstić information content (AvgIpc) is 4.39. The topological polar surface area (TPSA) is 274 Å². The number of aromatic nitrogens is 19. The van der Waals surface area contributed by atoms with Gasteiger partial charge < -0.3 is 27.6 Å². The number of oxazole rings is 1. The summed E-state index contributed by atoms with van der Waals surface area (Å²) in [6, 6.07) is 5.86. The lowest BCUT2D eigenvalue weighted by Crippen LogP contribution is -1.76. The molecule has 0 saturated heterocycles. The zero-order chi connectivity index (χ0) is 67.8. The molecule has 11 aromatic rings. The van der Waals surface area contributed by atoms with Gasteiger partial charge in [0.2, 0.25) is 5.89 Å². The number of aryl methyl sites for hydroxylation is 14. The van der Waals surface area contributed by atoms with E-state index in [2.05, 4.69) is 97.8 Å². The molecule has 0 aliphatic heterocycles. The monoisotopic (exact) mass is 1250 g/mol. The number of aromatic amines is 2. The van der Waals surface area contributed by atoms with Crippen LogP contribution < -0.4 is 0 Å². The zero-order valence-corrected chi connectivity index (χ0v) is 60.5. The number of rotatable bonds is 0. The van der Waals surface area contributed by atoms with Gasteiger partial charge in [0.1, 0.15) is 47.7 Å². The van der Waals surface area contributed by atoms with Crippen molar-refractivity contribution < 1.29 is 13.5 Å². The summed E-state index contributed by atoms with van der Waals surface area (Å²) in [4.78, 5) is 33.9. The van der Waals surface area contributed by atoms with E-state index in [1.807, 2.05) is 246 Å². The Balaban J connectivity index is -0.000000127. The van der Waals surface area contributed by atoms with Gasteiger partial charge in [-0.15, -0.1) is 21.5 Å². The summed E-state index contributed by atoms with van der Waals surface area (Å²) in [6.07, 6.45) is 22.0. The lowest BCUT2D eigenvalue weighted by Gasteiger charge is -1.82. The van der Waals surface area contributed by atoms with Gasteiger partial charge >= 0.3 is 0 Å². The molecule has 0 aromatic carbocycles. The van der Waals surface area contributed by atoms with Crippen molar-refractivity contribution in [1.82, 2.24) is 93.4 Å². The maximum Gasteiger partial charge on any atom is 0.223 e. The number of thiazole rings is 1. The van der Waals surface area contributed by atoms with Gasteiger partial charge in [0, 0.05) is 85.4 Å². The third-order valence-electron chi connectivity index (χ3n) is 6.81. The molecule has 2 N–H and O–H groups in total. The number of nitrogens with zero attached hydrogens (tertiary/aromatic N) is 17. The first-order chi connectivity index (χ1) is 41.5. The molecule has 0 spiro atoms. The van der Waals surface area contributed by atoms with Crippen LogP contribution in [-0.2, 0) is 14.1 Å². The average molecular weight is 1250 g/mol. The SMILES string of the molecule is CC.CC.CC.CC.CC.CC.CC.CC.Cc1ccccn1.Cc1cnc[nH]1.Cc1cnoc1.Cc1cnsc1.Cc1cocn1.Cc1cscn1.Cc1n[nH]c(C)n1.Cc1noc(C)n1.Cc1nsc(C)n1.Cn1ccnc1.Cn1cnnc1. The Bertz CT molecular complexity index is 2250. The second-order valence-corrected chi connectivity index (χ2v) is 16.2. The van der Waals surface area contributed by atoms with Crippen LogP contribution in [0.2, 0.25) is 0 Å². The highest BCUT2D eigenvalue weighted by atomic mass is 32.1. The molecule has 11 rings (SSSR count). The van der Waals surface area contributed by atoms with Crippen LogP contribution in [-0.4, -0.2) is 93.4 Å². The van der Waals surface area contributed by atoms with Gasteiger partial charge in [-0.2, -0.15) is 14.5 Å². The fourth-order valence-corrected chi connectivity index (χ4v) is 5.21. The summed E-state index contributed by atoms with van der Waals surface area (Å²) in [5.74, 6) is 3.87. The second-order valence-electron chi connectivity index (χ2n) is 13.9. The maximum atomic E-state index is 4.60. The molecule has 11 heterocycles. The molecule has 0 saturated carbocycles. The van der Waals surface area contributed by atoms with Gasteiger partial charge in [-0.25, -0.2) is 29.3 Å². The van der Waals surface area contributed by atoms with Crippen molar-refractivity contribution in [3.63, 3.8) is 0 Å². The molecule has 22 nitrogen and oxygen atoms in total. The van der Waals surface area contributed by atoms with Crippen LogP contribution in [0.5, 0.6) is 0 Å². The minimum atomic E-state index is 0.623. The molecule has 0 unspecified atom stereocenters. The van der Waals surface area contributed by atoms with E-state index < -0.39 is 0 Å². The molecule has 486 valence electrons. The van der Waals surface area contributed by atoms with E-state index in [9.17, 15) is 0 Å². The summed E-state index contributed by atoms with van der Waals surface area (Å²) < 4.78 is 25.1. The molecule has 0 fully saturated rings. The van der Waals surface area contributed by atoms with Gasteiger partial charge in [-0.1, -0.05) is 127 Å². The third kappa shape index (κ3) is 74.2. The van der Waals surface area contributed by atoms with Crippen LogP contribution in [0.1, 0.15) is 179 Å². The number of H-pyrrole nitrogens is 2. The Morgan fingerprint density at radius 1 is 0.547 bits per heavy atom. The number of nitrogens with one attached hydrogen (secondary N) is 2. The minimum absolute atomic E-state index is 0.623. The molecule has 0 aliphatic carbocycles. The molecular formula is C61H111N19O3S3. The first-order valence-corrected chi connectivity index (χ1v) is 31.4. The third-order valence-corrected chi connectivity index (χ3v) is 8.93. The smallest absolute Gasteiger partial charge is 0.223 e. The highest BCUT2D eigenvalue weighted by Crippen LogP contribution is 1.99. The lowest BCUT2D eigenvalue weighted by molar-refractivity contribution is 0.389. The van der Waals surface area contributed by atoms with Gasteiger partial charge in [-0.3, -0.25) is 15.1 Å². The zero-order valence-electron chi connectivity index (χ0n) is 58.0. The van der Waals surface area contributed by atoms with Crippen molar-refractivity contribution >= 4 is 34.4 Å². The fraction of sp³-hybridized carbons (Fsp3) is 0.492. The minimum Gasteiger partial charge on any atom is -0.452 e. The summed E-state index contributed by atoms with van der Waals surface area (Å²) >= 11 is 4.56. The Labute approximate surface area is 530 Å². The molecule has 0 radical (unpaired) electrons. The van der Waals surface area contributed by atoms with Gasteiger partial charge in [-0.05, 0) is 117 Å². The standard InChI is InChI=1S/C6H7N.C4H7N3.C4H6N2O.C4H6N2S.2C4H6N2.2C4H5NO.2C4H5NS.C3H5N3.8C2H6/c1-6-4-2-3-5-7-6;3*1-3-5-4(2)7-6-3;1-4-2-5-3-6-4;1-6-3-2-5-4-6;1-4-2-6-3-5-4;1-4-2-5-6-3-4;1-4-2-6-3-5-4;1-4-2-5-6-3-4;1-6-2-4-5-3-6;8*1-2/h2-5H,1H3;1-2H3,(H,5,6,7);2*1-2H3;2-3H,1H3,(H,5,6);2-4H,1H3;5*2-3H,1H3;8*1-2H3. The molecule has 0 atom stereocenters. The number of hydrogen-bond acceptors (Lipinski definition) is 21. The molecule has 0 bridgehead atoms. The van der Waals surface area contributed by atoms with E-state index in [-0.39, 0.29) is 0 Å². The Morgan fingerprint density at radius 2 is 1.17 bits per heavy atom. The van der Waals surface area contributed by atoms with Crippen molar-refractivity contribution in [1.29, 1.82) is 0 Å². The number of imidazole rings is 2. The van der Waals surface area contributed by atoms with Crippen LogP contribution in [0.3, 0.4) is 0 Å². The van der Waals surface area contributed by atoms with Crippen LogP contribution in [0.25, 0.3) is 0 Å². The molecule has 86 heavy (non-hydrogen) atoms. The first kappa shape index (κ1) is 94.6. The van der Waals surface area contributed by atoms with Crippen LogP contribution in [0.15, 0.2) is 129 Å². The van der Waals surface area contributed by atoms with Gasteiger partial charge in [0.05, 0.1) is 30.1 Å². The van der Waals surface area contributed by atoms with Crippen LogP contribution >= 0.6 is 34.4 Å². The Hall–Kier alpha value is -7.77. The quantitative estimate of drug-likeness (QED) is 0.143. The highest BCUT2D eigenvalue weighted by molar-refractivity contribution is 7.07. The van der Waals surface area contributed by atoms with Gasteiger partial charge in [0.25, 0.3) is 0 Å². The summed E-state index contributed by atoms with van der Waals surface area (Å²) in [5.41, 5.74) is 8.36. The van der Waals surface area contributed by atoms with Crippen molar-refractivity contribution in [2.75, 3.05) is 0 Å². The number of hydrogen-bond donors (Lipinski definition) is 2. The van der Waals surface area contributed by atoms with Crippen LogP contribution in [0.4, 0.5) is 0 Å². The predicted octanol–water partition coefficient (Wildman–Crippen LogP) is 17.7. The Morgan fingerprint density at radius 3 is 1.31 bits per heavy atom. The van der Waals surface area contributed by atoms with E-state index in [1.165, 1.54) is 35.0 Å². The lowest BCUT2D eigenvalue weighted by atomic mass is 10.4. The fourth-order valence-electron chi connectivity index (χ4n) is 3.67.